The van der Waals surface area contributed by atoms with Crippen molar-refractivity contribution < 1.29 is 22.8 Å². The lowest BCUT2D eigenvalue weighted by Crippen LogP contribution is -2.38. The molecule has 0 bridgehead atoms. The molecule has 1 aliphatic rings. The molecular formula is C32H27F2N3O3. The summed E-state index contributed by atoms with van der Waals surface area (Å²) in [5.41, 5.74) is 2.25. The van der Waals surface area contributed by atoms with Crippen molar-refractivity contribution in [1.29, 1.82) is 0 Å². The quantitative estimate of drug-likeness (QED) is 0.192. The molecule has 0 unspecified atom stereocenters. The number of fused-ring (bicyclic) bond motifs is 1. The first-order chi connectivity index (χ1) is 19.2. The third-order valence-electron chi connectivity index (χ3n) is 7.17. The molecule has 2 N–H and O–H groups in total. The number of hydrogen-bond donors (Lipinski definition) is 2. The van der Waals surface area contributed by atoms with Gasteiger partial charge in [-0.05, 0) is 86.2 Å². The van der Waals surface area contributed by atoms with E-state index in [1.54, 1.807) is 43.3 Å². The minimum atomic E-state index is -0.695. The van der Waals surface area contributed by atoms with Crippen LogP contribution in [0, 0.1) is 18.6 Å². The Morgan fingerprint density at radius 1 is 1.02 bits per heavy atom. The number of amides is 2. The molecule has 4 aromatic rings. The molecule has 40 heavy (non-hydrogen) atoms. The van der Waals surface area contributed by atoms with E-state index in [4.69, 9.17) is 4.42 Å². The van der Waals surface area contributed by atoms with Gasteiger partial charge in [0.1, 0.15) is 23.0 Å². The molecule has 0 radical (unpaired) electrons. The van der Waals surface area contributed by atoms with Gasteiger partial charge in [-0.25, -0.2) is 8.78 Å². The Hall–Kier alpha value is -4.85. The lowest BCUT2D eigenvalue weighted by atomic mass is 9.94. The Labute approximate surface area is 230 Å². The molecule has 1 aliphatic carbocycles. The fourth-order valence-electron chi connectivity index (χ4n) is 4.94. The zero-order chi connectivity index (χ0) is 28.6. The number of rotatable bonds is 8. The number of aliphatic imine (C=N–C) groups is 1. The van der Waals surface area contributed by atoms with Gasteiger partial charge in [-0.3, -0.25) is 14.6 Å². The van der Waals surface area contributed by atoms with Crippen LogP contribution >= 0.6 is 0 Å². The first kappa shape index (κ1) is 26.7. The maximum absolute atomic E-state index is 16.1. The van der Waals surface area contributed by atoms with E-state index in [1.807, 2.05) is 0 Å². The Bertz CT molecular complexity index is 1710. The van der Waals surface area contributed by atoms with Crippen molar-refractivity contribution in [2.45, 2.75) is 25.3 Å². The fourth-order valence-corrected chi connectivity index (χ4v) is 4.94. The van der Waals surface area contributed by atoms with Crippen molar-refractivity contribution in [1.82, 2.24) is 10.6 Å². The van der Waals surface area contributed by atoms with Crippen LogP contribution in [0.3, 0.4) is 0 Å². The van der Waals surface area contributed by atoms with Crippen LogP contribution in [0.1, 0.15) is 39.1 Å². The van der Waals surface area contributed by atoms with E-state index in [0.717, 1.165) is 0 Å². The van der Waals surface area contributed by atoms with Crippen LogP contribution in [0.4, 0.5) is 8.78 Å². The molecule has 6 nitrogen and oxygen atoms in total. The highest BCUT2D eigenvalue weighted by atomic mass is 19.1. The van der Waals surface area contributed by atoms with Gasteiger partial charge >= 0.3 is 0 Å². The maximum atomic E-state index is 16.1. The standard InChI is InChI=1S/C32H27F2N3O3/c1-5-6-25(35-3)32(15-16-32)37-30(38)22-13-7-18(2)26(28(22)34)20-10-14-24-23(17-20)27(31(39)36-4)29(40-24)19-8-11-21(33)12-9-19/h5-14,17H,1,3,15-16H2,2,4H3,(H,36,39)(H,37,38). The van der Waals surface area contributed by atoms with Gasteiger partial charge in [-0.1, -0.05) is 24.8 Å². The number of benzene rings is 3. The molecule has 5 rings (SSSR count). The largest absolute Gasteiger partial charge is 0.455 e. The molecule has 202 valence electrons. The first-order valence-electron chi connectivity index (χ1n) is 12.7. The van der Waals surface area contributed by atoms with Gasteiger partial charge in [0.2, 0.25) is 0 Å². The average molecular weight is 540 g/mol. The number of furan rings is 1. The van der Waals surface area contributed by atoms with E-state index in [1.165, 1.54) is 37.4 Å². The number of allylic oxidation sites excluding steroid dienone is 2. The monoisotopic (exact) mass is 539 g/mol. The van der Waals surface area contributed by atoms with Gasteiger partial charge in [-0.15, -0.1) is 0 Å². The van der Waals surface area contributed by atoms with Crippen molar-refractivity contribution in [3.05, 3.63) is 107 Å². The molecule has 1 saturated carbocycles. The van der Waals surface area contributed by atoms with E-state index in [0.29, 0.717) is 46.2 Å². The number of hydrogen-bond acceptors (Lipinski definition) is 4. The highest BCUT2D eigenvalue weighted by molar-refractivity contribution is 6.12. The van der Waals surface area contributed by atoms with Crippen molar-refractivity contribution in [3.8, 4) is 22.5 Å². The Kier molecular flexibility index (Phi) is 6.94. The summed E-state index contributed by atoms with van der Waals surface area (Å²) in [6, 6.07) is 13.7. The molecular weight excluding hydrogens is 512 g/mol. The molecule has 1 fully saturated rings. The number of aryl methyl sites for hydroxylation is 1. The second-order valence-corrected chi connectivity index (χ2v) is 9.70. The number of nitrogens with one attached hydrogen (secondary N) is 2. The van der Waals surface area contributed by atoms with Gasteiger partial charge in [0, 0.05) is 23.6 Å². The zero-order valence-corrected chi connectivity index (χ0v) is 22.1. The highest BCUT2D eigenvalue weighted by Crippen LogP contribution is 2.43. The number of nitrogens with zero attached hydrogens (tertiary/aromatic N) is 1. The van der Waals surface area contributed by atoms with Gasteiger partial charge in [0.25, 0.3) is 11.8 Å². The molecule has 2 amide bonds. The highest BCUT2D eigenvalue weighted by Gasteiger charge is 2.47. The number of halogens is 2. The van der Waals surface area contributed by atoms with Crippen LogP contribution in [0.2, 0.25) is 0 Å². The van der Waals surface area contributed by atoms with Crippen molar-refractivity contribution in [2.75, 3.05) is 7.05 Å². The topological polar surface area (TPSA) is 83.7 Å². The molecule has 0 aliphatic heterocycles. The van der Waals surface area contributed by atoms with E-state index in [-0.39, 0.29) is 22.5 Å². The normalized spacial score (nSPS) is 14.1. The van der Waals surface area contributed by atoms with Crippen LogP contribution in [-0.4, -0.2) is 31.1 Å². The SMILES string of the molecule is C=CC=C(N=C)C1(NC(=O)c2ccc(C)c(-c3ccc4oc(-c5ccc(F)cc5)c(C(=O)NC)c4c3)c2F)CC1. The Morgan fingerprint density at radius 2 is 1.73 bits per heavy atom. The number of carbonyl (C=O) groups excluding carboxylic acids is 2. The van der Waals surface area contributed by atoms with E-state index < -0.39 is 29.0 Å². The second kappa shape index (κ2) is 10.4. The summed E-state index contributed by atoms with van der Waals surface area (Å²) < 4.78 is 35.6. The molecule has 0 spiro atoms. The summed E-state index contributed by atoms with van der Waals surface area (Å²) in [7, 11) is 1.50. The van der Waals surface area contributed by atoms with Gasteiger partial charge in [0.15, 0.2) is 0 Å². The summed E-state index contributed by atoms with van der Waals surface area (Å²) in [6.07, 6.45) is 4.57. The summed E-state index contributed by atoms with van der Waals surface area (Å²) >= 11 is 0. The molecule has 1 aromatic heterocycles. The lowest BCUT2D eigenvalue weighted by Gasteiger charge is -2.19. The van der Waals surface area contributed by atoms with Gasteiger partial charge in [-0.2, -0.15) is 0 Å². The predicted molar refractivity (Wildman–Crippen MR) is 152 cm³/mol. The van der Waals surface area contributed by atoms with Crippen molar-refractivity contribution in [3.63, 3.8) is 0 Å². The average Bonchev–Trinajstić information content (AvgIpc) is 3.62. The van der Waals surface area contributed by atoms with Crippen LogP contribution in [0.5, 0.6) is 0 Å². The summed E-state index contributed by atoms with van der Waals surface area (Å²) in [6.45, 7) is 9.01. The molecule has 3 aromatic carbocycles. The fraction of sp³-hybridized carbons (Fsp3) is 0.156. The molecule has 0 atom stereocenters. The lowest BCUT2D eigenvalue weighted by molar-refractivity contribution is 0.0932. The van der Waals surface area contributed by atoms with Crippen LogP contribution in [-0.2, 0) is 0 Å². The third-order valence-corrected chi connectivity index (χ3v) is 7.17. The van der Waals surface area contributed by atoms with E-state index in [9.17, 15) is 14.0 Å². The predicted octanol–water partition coefficient (Wildman–Crippen LogP) is 6.75. The van der Waals surface area contributed by atoms with Crippen LogP contribution in [0.25, 0.3) is 33.4 Å². The minimum Gasteiger partial charge on any atom is -0.455 e. The third kappa shape index (κ3) is 4.62. The van der Waals surface area contributed by atoms with Crippen LogP contribution < -0.4 is 10.6 Å². The molecule has 1 heterocycles. The Morgan fingerprint density at radius 3 is 2.35 bits per heavy atom. The number of carbonyl (C=O) groups is 2. The summed E-state index contributed by atoms with van der Waals surface area (Å²) in [5, 5.41) is 5.99. The minimum absolute atomic E-state index is 0.111. The zero-order valence-electron chi connectivity index (χ0n) is 22.1. The smallest absolute Gasteiger partial charge is 0.255 e. The van der Waals surface area contributed by atoms with Gasteiger partial charge in [0.05, 0.1) is 22.4 Å². The summed E-state index contributed by atoms with van der Waals surface area (Å²) in [4.78, 5) is 30.2. The van der Waals surface area contributed by atoms with Crippen molar-refractivity contribution in [2.24, 2.45) is 4.99 Å². The van der Waals surface area contributed by atoms with E-state index >= 15 is 4.39 Å². The Balaban J connectivity index is 1.59. The molecule has 8 heteroatoms. The second-order valence-electron chi connectivity index (χ2n) is 9.70. The van der Waals surface area contributed by atoms with Gasteiger partial charge < -0.3 is 15.1 Å². The first-order valence-corrected chi connectivity index (χ1v) is 12.7. The van der Waals surface area contributed by atoms with Crippen molar-refractivity contribution >= 4 is 29.5 Å². The maximum Gasteiger partial charge on any atom is 0.255 e. The van der Waals surface area contributed by atoms with E-state index in [2.05, 4.69) is 28.9 Å². The summed E-state index contributed by atoms with van der Waals surface area (Å²) in [5.74, 6) is -1.80. The van der Waals surface area contributed by atoms with Crippen LogP contribution in [0.15, 0.2) is 88.4 Å². The molecule has 0 saturated heterocycles.